The zero-order chi connectivity index (χ0) is 66.8. The van der Waals surface area contributed by atoms with Gasteiger partial charge >= 0.3 is 12.1 Å². The van der Waals surface area contributed by atoms with Crippen LogP contribution in [-0.2, 0) is 39.8 Å². The summed E-state index contributed by atoms with van der Waals surface area (Å²) in [5, 5.41) is 21.2. The zero-order valence-electron chi connectivity index (χ0n) is 58.0. The molecule has 0 aliphatic heterocycles. The molecular formula is C72H125N9O11. The number of hydrogen-bond acceptors (Lipinski definition) is 15. The van der Waals surface area contributed by atoms with Gasteiger partial charge in [0.15, 0.2) is 11.2 Å². The van der Waals surface area contributed by atoms with E-state index in [1.165, 1.54) is 205 Å². The number of hydrogen-bond donors (Lipinski definition) is 7. The third-order valence-corrected chi connectivity index (χ3v) is 16.9. The van der Waals surface area contributed by atoms with E-state index in [2.05, 4.69) is 55.1 Å². The summed E-state index contributed by atoms with van der Waals surface area (Å²) in [6.45, 7) is 16.1. The van der Waals surface area contributed by atoms with E-state index < -0.39 is 40.8 Å². The van der Waals surface area contributed by atoms with E-state index in [4.69, 9.17) is 29.4 Å². The van der Waals surface area contributed by atoms with Gasteiger partial charge in [0.1, 0.15) is 18.8 Å². The molecule has 20 nitrogen and oxygen atoms in total. The molecule has 1 aromatic carbocycles. The average Bonchev–Trinajstić information content (AvgIpc) is 1.06. The summed E-state index contributed by atoms with van der Waals surface area (Å²) in [7, 11) is 0. The number of rotatable bonds is 60. The molecule has 92 heavy (non-hydrogen) atoms. The van der Waals surface area contributed by atoms with E-state index in [0.29, 0.717) is 76.8 Å². The SMILES string of the molecule is CCCCCCCCCCCCCCCCCCOCC(COC(=O)NCCC(C)(C)OCCC(C)(C)OCCCNC(=O)CCC(NC(=O)c1ccc(NCc2cnc3nc(N)[nH]c(=O)c3n2)cc1)C(=O)O)OCCCCCCCCCCCCCCCCCC. The number of fused-ring (bicyclic) bond motifs is 1. The van der Waals surface area contributed by atoms with Crippen molar-refractivity contribution in [2.75, 3.05) is 63.8 Å². The summed E-state index contributed by atoms with van der Waals surface area (Å²) >= 11 is 0. The average molecular weight is 1290 g/mol. The summed E-state index contributed by atoms with van der Waals surface area (Å²) in [5.74, 6) is -2.25. The van der Waals surface area contributed by atoms with Crippen LogP contribution in [0.15, 0.2) is 35.3 Å². The highest BCUT2D eigenvalue weighted by molar-refractivity contribution is 5.97. The lowest BCUT2D eigenvalue weighted by Gasteiger charge is -2.30. The second-order valence-corrected chi connectivity index (χ2v) is 26.4. The first kappa shape index (κ1) is 80.8. The second-order valence-electron chi connectivity index (χ2n) is 26.4. The van der Waals surface area contributed by atoms with Crippen molar-refractivity contribution >= 4 is 46.7 Å². The van der Waals surface area contributed by atoms with Crippen LogP contribution in [0.4, 0.5) is 16.4 Å². The molecule has 0 aliphatic rings. The number of carbonyl (C=O) groups excluding carboxylic acids is 3. The lowest BCUT2D eigenvalue weighted by Crippen LogP contribution is -2.41. The molecule has 2 unspecified atom stereocenters. The minimum atomic E-state index is -1.28. The van der Waals surface area contributed by atoms with Crippen molar-refractivity contribution in [3.8, 4) is 0 Å². The number of unbranched alkanes of at least 4 members (excludes halogenated alkanes) is 30. The van der Waals surface area contributed by atoms with Gasteiger partial charge < -0.3 is 55.8 Å². The van der Waals surface area contributed by atoms with E-state index in [-0.39, 0.29) is 60.7 Å². The van der Waals surface area contributed by atoms with Gasteiger partial charge in [-0.1, -0.05) is 206 Å². The largest absolute Gasteiger partial charge is 0.480 e. The molecule has 0 saturated heterocycles. The summed E-state index contributed by atoms with van der Waals surface area (Å²) in [4.78, 5) is 77.7. The van der Waals surface area contributed by atoms with Crippen molar-refractivity contribution in [1.82, 2.24) is 35.9 Å². The summed E-state index contributed by atoms with van der Waals surface area (Å²) in [6, 6.07) is 5.09. The number of carbonyl (C=O) groups is 4. The fraction of sp³-hybridized carbons (Fsp3) is 0.778. The molecule has 0 saturated carbocycles. The monoisotopic (exact) mass is 1290 g/mol. The fourth-order valence-electron chi connectivity index (χ4n) is 10.9. The highest BCUT2D eigenvalue weighted by atomic mass is 16.6. The topological polar surface area (TPSA) is 280 Å². The zero-order valence-corrected chi connectivity index (χ0v) is 58.0. The number of nitrogen functional groups attached to an aromatic ring is 1. The number of benzene rings is 1. The van der Waals surface area contributed by atoms with Crippen molar-refractivity contribution in [2.45, 2.75) is 309 Å². The van der Waals surface area contributed by atoms with Crippen LogP contribution < -0.4 is 32.6 Å². The van der Waals surface area contributed by atoms with Crippen LogP contribution in [-0.4, -0.2) is 125 Å². The number of alkyl carbamates (subject to hydrolysis) is 1. The Kier molecular flexibility index (Phi) is 44.8. The van der Waals surface area contributed by atoms with E-state index in [1.54, 1.807) is 12.1 Å². The second kappa shape index (κ2) is 51.0. The van der Waals surface area contributed by atoms with Crippen molar-refractivity contribution in [1.29, 1.82) is 0 Å². The van der Waals surface area contributed by atoms with Crippen LogP contribution >= 0.6 is 0 Å². The predicted molar refractivity (Wildman–Crippen MR) is 370 cm³/mol. The highest BCUT2D eigenvalue weighted by Gasteiger charge is 2.25. The molecule has 3 amide bonds. The Morgan fingerprint density at radius 2 is 1.11 bits per heavy atom. The van der Waals surface area contributed by atoms with Crippen molar-refractivity contribution in [3.63, 3.8) is 0 Å². The van der Waals surface area contributed by atoms with Crippen LogP contribution in [0.1, 0.15) is 295 Å². The molecule has 0 radical (unpaired) electrons. The van der Waals surface area contributed by atoms with Gasteiger partial charge in [0, 0.05) is 50.6 Å². The normalized spacial score (nSPS) is 12.5. The molecule has 0 spiro atoms. The third kappa shape index (κ3) is 41.3. The smallest absolute Gasteiger partial charge is 0.407 e. The number of nitrogens with two attached hydrogens (primary N) is 1. The minimum Gasteiger partial charge on any atom is -0.480 e. The van der Waals surface area contributed by atoms with Crippen molar-refractivity contribution in [2.24, 2.45) is 0 Å². The van der Waals surface area contributed by atoms with Crippen LogP contribution in [0.3, 0.4) is 0 Å². The lowest BCUT2D eigenvalue weighted by atomic mass is 10.0. The molecule has 2 heterocycles. The summed E-state index contributed by atoms with van der Waals surface area (Å²) in [5.41, 5.74) is 5.59. The lowest BCUT2D eigenvalue weighted by molar-refractivity contribution is -0.139. The summed E-state index contributed by atoms with van der Waals surface area (Å²) < 4.78 is 30.5. The van der Waals surface area contributed by atoms with Crippen LogP contribution in [0.2, 0.25) is 0 Å². The number of nitrogens with zero attached hydrogens (tertiary/aromatic N) is 3. The Morgan fingerprint density at radius 1 is 0.598 bits per heavy atom. The molecule has 20 heteroatoms. The quantitative estimate of drug-likeness (QED) is 0.0259. The number of amides is 3. The van der Waals surface area contributed by atoms with Gasteiger partial charge in [-0.15, -0.1) is 0 Å². The van der Waals surface area contributed by atoms with Crippen molar-refractivity contribution < 1.29 is 48.0 Å². The van der Waals surface area contributed by atoms with Crippen LogP contribution in [0.5, 0.6) is 0 Å². The fourth-order valence-corrected chi connectivity index (χ4v) is 10.9. The van der Waals surface area contributed by atoms with Crippen LogP contribution in [0, 0.1) is 0 Å². The predicted octanol–water partition coefficient (Wildman–Crippen LogP) is 15.4. The number of nitrogens with one attached hydrogen (secondary N) is 5. The standard InChI is InChI=1S/C72H125N9O11/c1-7-9-11-13-15-17-19-21-23-25-27-29-31-33-35-37-50-88-56-61(89-51-38-36-34-32-30-28-26-24-22-20-18-16-14-12-10-8-2)57-90-70(87)75-49-46-71(3,4)92-53-47-72(5,6)91-52-39-48-74-63(82)45-44-62(68(85)86)79-66(83)58-40-42-59(43-41-58)76-54-60-55-77-65-64(78-60)67(84)81-69(73)80-65/h40-43,55,61-62,76H,7-39,44-54,56-57H2,1-6H3,(H,74,82)(H,75,87)(H,79,83)(H,85,86)(H3,73,77,80,81,84). The Balaban J connectivity index is 1.26. The number of aromatic nitrogens is 4. The molecule has 0 bridgehead atoms. The Labute approximate surface area is 553 Å². The first-order valence-corrected chi connectivity index (χ1v) is 36.0. The highest BCUT2D eigenvalue weighted by Crippen LogP contribution is 2.21. The first-order chi connectivity index (χ1) is 44.5. The van der Waals surface area contributed by atoms with Gasteiger partial charge in [0.25, 0.3) is 11.5 Å². The number of H-pyrrole nitrogens is 1. The molecular weight excluding hydrogens is 1170 g/mol. The van der Waals surface area contributed by atoms with Crippen molar-refractivity contribution in [3.05, 3.63) is 52.1 Å². The maximum atomic E-state index is 13.0. The number of carboxylic acid groups (broad SMARTS) is 1. The first-order valence-electron chi connectivity index (χ1n) is 36.0. The van der Waals surface area contributed by atoms with Gasteiger partial charge in [0.05, 0.1) is 42.9 Å². The molecule has 3 rings (SSSR count). The Hall–Kier alpha value is -5.44. The minimum absolute atomic E-state index is 0.0543. The number of aliphatic carboxylic acids is 1. The molecule has 524 valence electrons. The van der Waals surface area contributed by atoms with Gasteiger partial charge in [-0.25, -0.2) is 19.6 Å². The van der Waals surface area contributed by atoms with Gasteiger partial charge in [-0.2, -0.15) is 4.98 Å². The Bertz CT molecular complexity index is 2460. The molecule has 0 fully saturated rings. The van der Waals surface area contributed by atoms with Crippen LogP contribution in [0.25, 0.3) is 11.2 Å². The molecule has 2 aromatic heterocycles. The van der Waals surface area contributed by atoms with E-state index in [0.717, 1.165) is 19.3 Å². The molecule has 3 aromatic rings. The van der Waals surface area contributed by atoms with Gasteiger partial charge in [-0.05, 0) is 90.5 Å². The van der Waals surface area contributed by atoms with Gasteiger partial charge in [0.2, 0.25) is 11.9 Å². The third-order valence-electron chi connectivity index (χ3n) is 16.9. The number of ether oxygens (including phenoxy) is 5. The summed E-state index contributed by atoms with van der Waals surface area (Å²) in [6.07, 6.45) is 44.6. The molecule has 0 aliphatic carbocycles. The van der Waals surface area contributed by atoms with Gasteiger partial charge in [-0.3, -0.25) is 19.4 Å². The number of anilines is 2. The maximum Gasteiger partial charge on any atom is 0.407 e. The number of aromatic amines is 1. The molecule has 8 N–H and O–H groups in total. The van der Waals surface area contributed by atoms with E-state index in [9.17, 15) is 29.1 Å². The maximum absolute atomic E-state index is 13.0. The van der Waals surface area contributed by atoms with E-state index >= 15 is 0 Å². The number of carboxylic acids is 1. The molecule has 2 atom stereocenters. The van der Waals surface area contributed by atoms with E-state index in [1.807, 2.05) is 27.7 Å². The Morgan fingerprint density at radius 3 is 1.65 bits per heavy atom.